The van der Waals surface area contributed by atoms with Crippen molar-refractivity contribution in [1.29, 1.82) is 0 Å². The molecule has 0 atom stereocenters. The van der Waals surface area contributed by atoms with Gasteiger partial charge in [0.1, 0.15) is 5.02 Å². The predicted octanol–water partition coefficient (Wildman–Crippen LogP) is 3.47. The van der Waals surface area contributed by atoms with Gasteiger partial charge in [-0.1, -0.05) is 35.3 Å². The van der Waals surface area contributed by atoms with Crippen molar-refractivity contribution >= 4 is 29.0 Å². The molecule has 1 aromatic carbocycles. The van der Waals surface area contributed by atoms with E-state index in [9.17, 15) is 0 Å². The molecule has 0 saturated carbocycles. The summed E-state index contributed by atoms with van der Waals surface area (Å²) in [6, 6.07) is 8.64. The molecule has 1 heterocycles. The van der Waals surface area contributed by atoms with Crippen LogP contribution in [0.2, 0.25) is 10.0 Å². The largest absolute Gasteiger partial charge is 0.493 e. The second-order valence-corrected chi connectivity index (χ2v) is 4.32. The quantitative estimate of drug-likeness (QED) is 0.668. The fraction of sp³-hybridized carbons (Fsp3) is 0.0833. The Bertz CT molecular complexity index is 593. The SMILES string of the molecule is COc1ccccc1Oc1nc(NN)c(Cl)cc1Cl. The molecule has 3 N–H and O–H groups in total. The van der Waals surface area contributed by atoms with Crippen LogP contribution in [0.4, 0.5) is 5.82 Å². The Balaban J connectivity index is 2.38. The highest BCUT2D eigenvalue weighted by molar-refractivity contribution is 6.36. The maximum atomic E-state index is 6.02. The molecule has 0 amide bonds. The number of nitrogen functional groups attached to an aromatic ring is 1. The van der Waals surface area contributed by atoms with E-state index in [0.717, 1.165) is 0 Å². The summed E-state index contributed by atoms with van der Waals surface area (Å²) < 4.78 is 10.8. The van der Waals surface area contributed by atoms with Crippen molar-refractivity contribution < 1.29 is 9.47 Å². The average molecular weight is 300 g/mol. The number of rotatable bonds is 4. The van der Waals surface area contributed by atoms with Crippen molar-refractivity contribution in [2.75, 3.05) is 12.5 Å². The number of para-hydroxylation sites is 2. The van der Waals surface area contributed by atoms with E-state index in [-0.39, 0.29) is 16.7 Å². The Morgan fingerprint density at radius 1 is 1.16 bits per heavy atom. The molecule has 0 unspecified atom stereocenters. The van der Waals surface area contributed by atoms with Gasteiger partial charge < -0.3 is 14.9 Å². The van der Waals surface area contributed by atoms with Crippen LogP contribution in [0.3, 0.4) is 0 Å². The fourth-order valence-corrected chi connectivity index (χ4v) is 1.88. The number of nitrogens with two attached hydrogens (primary N) is 1. The van der Waals surface area contributed by atoms with Gasteiger partial charge in [0.05, 0.1) is 12.1 Å². The molecule has 0 aliphatic heterocycles. The van der Waals surface area contributed by atoms with Crippen molar-refractivity contribution in [2.45, 2.75) is 0 Å². The minimum Gasteiger partial charge on any atom is -0.493 e. The first-order valence-corrected chi connectivity index (χ1v) is 6.05. The highest BCUT2D eigenvalue weighted by Gasteiger charge is 2.12. The standard InChI is InChI=1S/C12H11Cl2N3O2/c1-18-9-4-2-3-5-10(9)19-12-8(14)6-7(13)11(16-12)17-15/h2-6H,15H2,1H3,(H,16,17). The minimum absolute atomic E-state index is 0.184. The number of nitrogens with one attached hydrogen (secondary N) is 1. The number of halogens is 2. The summed E-state index contributed by atoms with van der Waals surface area (Å²) in [5, 5.41) is 0.579. The second-order valence-electron chi connectivity index (χ2n) is 3.50. The van der Waals surface area contributed by atoms with Gasteiger partial charge in [0, 0.05) is 0 Å². The monoisotopic (exact) mass is 299 g/mol. The number of methoxy groups -OCH3 is 1. The van der Waals surface area contributed by atoms with Crippen LogP contribution < -0.4 is 20.7 Å². The molecule has 2 rings (SSSR count). The first-order chi connectivity index (χ1) is 9.15. The molecular formula is C12H11Cl2N3O2. The summed E-state index contributed by atoms with van der Waals surface area (Å²) in [6.07, 6.45) is 0. The third kappa shape index (κ3) is 3.01. The molecule has 0 bridgehead atoms. The van der Waals surface area contributed by atoms with E-state index >= 15 is 0 Å². The Labute approximate surface area is 120 Å². The average Bonchev–Trinajstić information content (AvgIpc) is 2.42. The van der Waals surface area contributed by atoms with Crippen LogP contribution in [0.1, 0.15) is 0 Å². The zero-order chi connectivity index (χ0) is 13.8. The number of anilines is 1. The first-order valence-electron chi connectivity index (χ1n) is 5.29. The number of ether oxygens (including phenoxy) is 2. The van der Waals surface area contributed by atoms with E-state index in [1.54, 1.807) is 19.2 Å². The van der Waals surface area contributed by atoms with Gasteiger partial charge in [0.15, 0.2) is 17.3 Å². The lowest BCUT2D eigenvalue weighted by molar-refractivity contribution is 0.374. The van der Waals surface area contributed by atoms with E-state index in [2.05, 4.69) is 10.4 Å². The van der Waals surface area contributed by atoms with Gasteiger partial charge in [-0.3, -0.25) is 0 Å². The van der Waals surface area contributed by atoms with E-state index in [0.29, 0.717) is 16.5 Å². The van der Waals surface area contributed by atoms with Gasteiger partial charge in [-0.15, -0.1) is 0 Å². The maximum absolute atomic E-state index is 6.02. The lowest BCUT2D eigenvalue weighted by atomic mass is 10.3. The third-order valence-corrected chi connectivity index (χ3v) is 2.87. The summed E-state index contributed by atoms with van der Waals surface area (Å²) in [5.74, 6) is 6.81. The molecule has 0 saturated heterocycles. The highest BCUT2D eigenvalue weighted by atomic mass is 35.5. The molecule has 1 aromatic heterocycles. The number of pyridine rings is 1. The Hall–Kier alpha value is -1.69. The topological polar surface area (TPSA) is 69.4 Å². The summed E-state index contributed by atoms with van der Waals surface area (Å²) in [6.45, 7) is 0. The Morgan fingerprint density at radius 3 is 2.47 bits per heavy atom. The number of aromatic nitrogens is 1. The van der Waals surface area contributed by atoms with Gasteiger partial charge in [0.2, 0.25) is 5.88 Å². The Kier molecular flexibility index (Phi) is 4.31. The molecule has 19 heavy (non-hydrogen) atoms. The highest BCUT2D eigenvalue weighted by Crippen LogP contribution is 2.36. The number of hydrogen-bond acceptors (Lipinski definition) is 5. The van der Waals surface area contributed by atoms with Crippen LogP contribution in [0.25, 0.3) is 0 Å². The van der Waals surface area contributed by atoms with Crippen LogP contribution in [-0.2, 0) is 0 Å². The van der Waals surface area contributed by atoms with E-state index in [1.165, 1.54) is 6.07 Å². The molecule has 7 heteroatoms. The lowest BCUT2D eigenvalue weighted by Gasteiger charge is -2.12. The zero-order valence-electron chi connectivity index (χ0n) is 9.98. The summed E-state index contributed by atoms with van der Waals surface area (Å²) in [4.78, 5) is 4.08. The van der Waals surface area contributed by atoms with Crippen molar-refractivity contribution in [3.05, 3.63) is 40.4 Å². The van der Waals surface area contributed by atoms with Crippen molar-refractivity contribution in [1.82, 2.24) is 4.98 Å². The number of hydrazine groups is 1. The van der Waals surface area contributed by atoms with Gasteiger partial charge in [-0.25, -0.2) is 5.84 Å². The van der Waals surface area contributed by atoms with E-state index < -0.39 is 0 Å². The van der Waals surface area contributed by atoms with Crippen molar-refractivity contribution in [2.24, 2.45) is 5.84 Å². The van der Waals surface area contributed by atoms with Crippen LogP contribution in [0.15, 0.2) is 30.3 Å². The van der Waals surface area contributed by atoms with Gasteiger partial charge in [0.25, 0.3) is 0 Å². The molecular weight excluding hydrogens is 289 g/mol. The molecule has 2 aromatic rings. The van der Waals surface area contributed by atoms with Gasteiger partial charge >= 0.3 is 0 Å². The number of nitrogens with zero attached hydrogens (tertiary/aromatic N) is 1. The van der Waals surface area contributed by atoms with Crippen LogP contribution in [0, 0.1) is 0 Å². The summed E-state index contributed by atoms with van der Waals surface area (Å²) in [5.41, 5.74) is 2.36. The van der Waals surface area contributed by atoms with Crippen molar-refractivity contribution in [3.63, 3.8) is 0 Å². The molecule has 0 fully saturated rings. The van der Waals surface area contributed by atoms with Crippen LogP contribution in [-0.4, -0.2) is 12.1 Å². The fourth-order valence-electron chi connectivity index (χ4n) is 1.43. The smallest absolute Gasteiger partial charge is 0.240 e. The van der Waals surface area contributed by atoms with Crippen LogP contribution >= 0.6 is 23.2 Å². The molecule has 0 aliphatic rings. The first kappa shape index (κ1) is 13.7. The zero-order valence-corrected chi connectivity index (χ0v) is 11.5. The molecule has 5 nitrogen and oxygen atoms in total. The predicted molar refractivity (Wildman–Crippen MR) is 75.1 cm³/mol. The maximum Gasteiger partial charge on any atom is 0.240 e. The molecule has 0 spiro atoms. The normalized spacial score (nSPS) is 10.1. The summed E-state index contributed by atoms with van der Waals surface area (Å²) in [7, 11) is 1.55. The number of benzene rings is 1. The van der Waals surface area contributed by atoms with Crippen LogP contribution in [0.5, 0.6) is 17.4 Å². The van der Waals surface area contributed by atoms with E-state index in [4.69, 9.17) is 38.5 Å². The molecule has 0 radical (unpaired) electrons. The Morgan fingerprint density at radius 2 is 1.84 bits per heavy atom. The lowest BCUT2D eigenvalue weighted by Crippen LogP contribution is -2.09. The van der Waals surface area contributed by atoms with E-state index in [1.807, 2.05) is 12.1 Å². The molecule has 100 valence electrons. The second kappa shape index (κ2) is 5.97. The van der Waals surface area contributed by atoms with Gasteiger partial charge in [-0.05, 0) is 18.2 Å². The minimum atomic E-state index is 0.184. The molecule has 0 aliphatic carbocycles. The number of hydrogen-bond donors (Lipinski definition) is 2. The van der Waals surface area contributed by atoms with Crippen molar-refractivity contribution in [3.8, 4) is 17.4 Å². The van der Waals surface area contributed by atoms with Gasteiger partial charge in [-0.2, -0.15) is 4.98 Å². The summed E-state index contributed by atoms with van der Waals surface area (Å²) >= 11 is 11.9. The third-order valence-electron chi connectivity index (χ3n) is 2.31.